The van der Waals surface area contributed by atoms with Crippen LogP contribution in [0.15, 0.2) is 42.5 Å². The molecule has 2 aromatic rings. The molecule has 2 N–H and O–H groups in total. The van der Waals surface area contributed by atoms with Crippen molar-refractivity contribution in [3.8, 4) is 0 Å². The Morgan fingerprint density at radius 2 is 1.97 bits per heavy atom. The van der Waals surface area contributed by atoms with E-state index >= 15 is 0 Å². The fourth-order valence-corrected chi connectivity index (χ4v) is 3.99. The van der Waals surface area contributed by atoms with Crippen molar-refractivity contribution in [2.24, 2.45) is 0 Å². The molecule has 4 rings (SSSR count). The molecule has 0 aromatic heterocycles. The quantitative estimate of drug-likeness (QED) is 0.780. The first-order valence-corrected chi connectivity index (χ1v) is 9.61. The number of amides is 4. The number of carbonyl (C=O) groups excluding carboxylic acids is 3. The number of urea groups is 1. The minimum absolute atomic E-state index is 0.123. The molecule has 2 aromatic carbocycles. The first kappa shape index (κ1) is 19.1. The van der Waals surface area contributed by atoms with Gasteiger partial charge < -0.3 is 10.6 Å². The Bertz CT molecular complexity index is 1010. The van der Waals surface area contributed by atoms with E-state index in [1.807, 2.05) is 24.3 Å². The molecular formula is C22H22FN3O3. The zero-order valence-corrected chi connectivity index (χ0v) is 16.1. The standard InChI is InChI=1S/C22H22FN3O3/c1-14-6-7-15(10-18(14)23)12-24-19(27)13-26-20(28)22(25-21(26)29)9-8-16-4-2-3-5-17(16)11-22/h2-7,10H,8-9,11-13H2,1H3,(H,24,27)(H,25,29). The maximum absolute atomic E-state index is 13.6. The smallest absolute Gasteiger partial charge is 0.325 e. The zero-order chi connectivity index (χ0) is 20.6. The highest BCUT2D eigenvalue weighted by molar-refractivity contribution is 6.09. The van der Waals surface area contributed by atoms with Gasteiger partial charge >= 0.3 is 6.03 Å². The number of carbonyl (C=O) groups is 3. The highest BCUT2D eigenvalue weighted by Gasteiger charge is 2.52. The molecule has 29 heavy (non-hydrogen) atoms. The van der Waals surface area contributed by atoms with Gasteiger partial charge in [-0.2, -0.15) is 0 Å². The summed E-state index contributed by atoms with van der Waals surface area (Å²) < 4.78 is 13.6. The number of nitrogens with zero attached hydrogens (tertiary/aromatic N) is 1. The Morgan fingerprint density at radius 3 is 2.72 bits per heavy atom. The largest absolute Gasteiger partial charge is 0.350 e. The molecule has 1 aliphatic carbocycles. The van der Waals surface area contributed by atoms with E-state index in [1.54, 1.807) is 19.1 Å². The van der Waals surface area contributed by atoms with E-state index in [4.69, 9.17) is 0 Å². The van der Waals surface area contributed by atoms with Gasteiger partial charge in [0.15, 0.2) is 0 Å². The summed E-state index contributed by atoms with van der Waals surface area (Å²) in [6, 6.07) is 12.0. The number of rotatable bonds is 4. The van der Waals surface area contributed by atoms with Gasteiger partial charge in [-0.25, -0.2) is 9.18 Å². The lowest BCUT2D eigenvalue weighted by Crippen LogP contribution is -2.51. The normalized spacial score (nSPS) is 20.6. The van der Waals surface area contributed by atoms with Crippen LogP contribution in [0.3, 0.4) is 0 Å². The Labute approximate surface area is 168 Å². The van der Waals surface area contributed by atoms with Gasteiger partial charge in [0, 0.05) is 13.0 Å². The molecule has 1 heterocycles. The zero-order valence-electron chi connectivity index (χ0n) is 16.1. The Balaban J connectivity index is 1.40. The van der Waals surface area contributed by atoms with Gasteiger partial charge in [-0.05, 0) is 48.1 Å². The number of fused-ring (bicyclic) bond motifs is 1. The Morgan fingerprint density at radius 1 is 1.21 bits per heavy atom. The molecule has 6 nitrogen and oxygen atoms in total. The van der Waals surface area contributed by atoms with E-state index in [0.717, 1.165) is 10.5 Å². The molecule has 150 valence electrons. The molecule has 1 unspecified atom stereocenters. The van der Waals surface area contributed by atoms with Crippen LogP contribution in [-0.4, -0.2) is 34.8 Å². The Kier molecular flexibility index (Phi) is 4.82. The predicted molar refractivity (Wildman–Crippen MR) is 104 cm³/mol. The molecule has 4 amide bonds. The van der Waals surface area contributed by atoms with Crippen molar-refractivity contribution in [2.75, 3.05) is 6.54 Å². The second-order valence-corrected chi connectivity index (χ2v) is 7.71. The van der Waals surface area contributed by atoms with Crippen molar-refractivity contribution in [3.63, 3.8) is 0 Å². The third kappa shape index (κ3) is 3.60. The molecule has 7 heteroatoms. The van der Waals surface area contributed by atoms with Gasteiger partial charge in [0.1, 0.15) is 17.9 Å². The van der Waals surface area contributed by atoms with Crippen molar-refractivity contribution >= 4 is 17.8 Å². The third-order valence-electron chi connectivity index (χ3n) is 5.71. The van der Waals surface area contributed by atoms with Crippen LogP contribution in [0.5, 0.6) is 0 Å². The summed E-state index contributed by atoms with van der Waals surface area (Å²) in [6.45, 7) is 1.43. The third-order valence-corrected chi connectivity index (χ3v) is 5.71. The van der Waals surface area contributed by atoms with Crippen molar-refractivity contribution in [1.29, 1.82) is 0 Å². The minimum Gasteiger partial charge on any atom is -0.350 e. The van der Waals surface area contributed by atoms with Gasteiger partial charge in [-0.1, -0.05) is 36.4 Å². The van der Waals surface area contributed by atoms with E-state index in [0.29, 0.717) is 30.4 Å². The van der Waals surface area contributed by atoms with E-state index in [-0.39, 0.29) is 24.8 Å². The van der Waals surface area contributed by atoms with Crippen LogP contribution in [0, 0.1) is 12.7 Å². The lowest BCUT2D eigenvalue weighted by atomic mass is 9.78. The molecule has 1 atom stereocenters. The second kappa shape index (κ2) is 7.31. The van der Waals surface area contributed by atoms with Crippen molar-refractivity contribution in [2.45, 2.75) is 38.3 Å². The molecular weight excluding hydrogens is 373 g/mol. The fourth-order valence-electron chi connectivity index (χ4n) is 3.99. The summed E-state index contributed by atoms with van der Waals surface area (Å²) in [5.41, 5.74) is 2.38. The van der Waals surface area contributed by atoms with Gasteiger partial charge in [0.2, 0.25) is 5.91 Å². The maximum atomic E-state index is 13.6. The van der Waals surface area contributed by atoms with Gasteiger partial charge in [0.25, 0.3) is 5.91 Å². The van der Waals surface area contributed by atoms with E-state index in [2.05, 4.69) is 10.6 Å². The minimum atomic E-state index is -0.980. The molecule has 0 saturated carbocycles. The van der Waals surface area contributed by atoms with E-state index in [1.165, 1.54) is 11.6 Å². The molecule has 1 fully saturated rings. The van der Waals surface area contributed by atoms with Crippen LogP contribution in [0.1, 0.15) is 28.7 Å². The topological polar surface area (TPSA) is 78.5 Å². The number of imide groups is 1. The number of hydrogen-bond acceptors (Lipinski definition) is 3. The number of benzene rings is 2. The molecule has 1 aliphatic heterocycles. The molecule has 0 bridgehead atoms. The molecule has 2 aliphatic rings. The number of aryl methyl sites for hydroxylation is 2. The lowest BCUT2D eigenvalue weighted by Gasteiger charge is -2.32. The SMILES string of the molecule is Cc1ccc(CNC(=O)CN2C(=O)NC3(CCc4ccccc4C3)C2=O)cc1F. The number of hydrogen-bond donors (Lipinski definition) is 2. The van der Waals surface area contributed by atoms with Crippen LogP contribution in [0.4, 0.5) is 9.18 Å². The van der Waals surface area contributed by atoms with Crippen molar-refractivity contribution in [1.82, 2.24) is 15.5 Å². The summed E-state index contributed by atoms with van der Waals surface area (Å²) >= 11 is 0. The summed E-state index contributed by atoms with van der Waals surface area (Å²) in [5, 5.41) is 5.45. The first-order chi connectivity index (χ1) is 13.9. The highest BCUT2D eigenvalue weighted by atomic mass is 19.1. The summed E-state index contributed by atoms with van der Waals surface area (Å²) in [4.78, 5) is 38.7. The lowest BCUT2D eigenvalue weighted by molar-refractivity contribution is -0.135. The summed E-state index contributed by atoms with van der Waals surface area (Å²) in [6.07, 6.45) is 1.63. The first-order valence-electron chi connectivity index (χ1n) is 9.61. The van der Waals surface area contributed by atoms with Gasteiger partial charge in [-0.15, -0.1) is 0 Å². The second-order valence-electron chi connectivity index (χ2n) is 7.71. The van der Waals surface area contributed by atoms with Gasteiger partial charge in [0.05, 0.1) is 0 Å². The van der Waals surface area contributed by atoms with Crippen LogP contribution in [-0.2, 0) is 29.0 Å². The number of nitrogens with one attached hydrogen (secondary N) is 2. The van der Waals surface area contributed by atoms with Crippen LogP contribution < -0.4 is 10.6 Å². The Hall–Kier alpha value is -3.22. The summed E-state index contributed by atoms with van der Waals surface area (Å²) in [5.74, 6) is -1.18. The van der Waals surface area contributed by atoms with E-state index < -0.39 is 17.5 Å². The molecule has 1 spiro atoms. The average Bonchev–Trinajstić information content (AvgIpc) is 2.92. The van der Waals surface area contributed by atoms with Crippen molar-refractivity contribution < 1.29 is 18.8 Å². The summed E-state index contributed by atoms with van der Waals surface area (Å²) in [7, 11) is 0. The van der Waals surface area contributed by atoms with Crippen LogP contribution in [0.2, 0.25) is 0 Å². The van der Waals surface area contributed by atoms with Gasteiger partial charge in [-0.3, -0.25) is 14.5 Å². The van der Waals surface area contributed by atoms with Crippen LogP contribution >= 0.6 is 0 Å². The molecule has 0 radical (unpaired) electrons. The average molecular weight is 395 g/mol. The van der Waals surface area contributed by atoms with Crippen molar-refractivity contribution in [3.05, 3.63) is 70.5 Å². The fraction of sp³-hybridized carbons (Fsp3) is 0.318. The predicted octanol–water partition coefficient (Wildman–Crippen LogP) is 2.23. The maximum Gasteiger partial charge on any atom is 0.325 e. The molecule has 1 saturated heterocycles. The van der Waals surface area contributed by atoms with E-state index in [9.17, 15) is 18.8 Å². The monoisotopic (exact) mass is 395 g/mol. The highest BCUT2D eigenvalue weighted by Crippen LogP contribution is 2.33. The number of halogens is 1. The van der Waals surface area contributed by atoms with Crippen LogP contribution in [0.25, 0.3) is 0 Å².